The van der Waals surface area contributed by atoms with Crippen LogP contribution in [0.2, 0.25) is 0 Å². The fourth-order valence-electron chi connectivity index (χ4n) is 3.61. The number of ether oxygens (including phenoxy) is 2. The van der Waals surface area contributed by atoms with Crippen LogP contribution in [0.5, 0.6) is 5.75 Å². The summed E-state index contributed by atoms with van der Waals surface area (Å²) in [5, 5.41) is 2.88. The number of morpholine rings is 1. The normalized spacial score (nSPS) is 13.5. The van der Waals surface area contributed by atoms with Gasteiger partial charge in [0.1, 0.15) is 12.4 Å². The van der Waals surface area contributed by atoms with E-state index in [4.69, 9.17) is 9.47 Å². The van der Waals surface area contributed by atoms with Gasteiger partial charge in [-0.05, 0) is 42.8 Å². The smallest absolute Gasteiger partial charge is 0.256 e. The van der Waals surface area contributed by atoms with Crippen LogP contribution in [0, 0.1) is 6.92 Å². The predicted octanol–water partition coefficient (Wildman–Crippen LogP) is 4.30. The molecule has 0 bridgehead atoms. The van der Waals surface area contributed by atoms with E-state index in [1.807, 2.05) is 31.2 Å². The number of carbonyl (C=O) groups excluding carboxylic acids is 2. The average molecular weight is 431 g/mol. The molecule has 2 amide bonds. The van der Waals surface area contributed by atoms with Crippen molar-refractivity contribution in [3.63, 3.8) is 0 Å². The number of anilines is 1. The number of para-hydroxylation sites is 1. The highest BCUT2D eigenvalue weighted by Crippen LogP contribution is 2.21. The molecule has 1 aliphatic rings. The van der Waals surface area contributed by atoms with E-state index in [1.165, 1.54) is 5.56 Å². The molecule has 0 saturated carbocycles. The maximum atomic E-state index is 12.9. The van der Waals surface area contributed by atoms with Crippen molar-refractivity contribution in [2.24, 2.45) is 0 Å². The topological polar surface area (TPSA) is 67.9 Å². The van der Waals surface area contributed by atoms with Crippen molar-refractivity contribution in [2.45, 2.75) is 13.5 Å². The molecule has 0 unspecified atom stereocenters. The van der Waals surface area contributed by atoms with Gasteiger partial charge in [0.15, 0.2) is 0 Å². The Morgan fingerprint density at radius 2 is 1.75 bits per heavy atom. The number of hydrogen-bond acceptors (Lipinski definition) is 4. The van der Waals surface area contributed by atoms with Gasteiger partial charge in [0.2, 0.25) is 0 Å². The monoisotopic (exact) mass is 430 g/mol. The molecule has 3 aromatic rings. The minimum atomic E-state index is -0.298. The Morgan fingerprint density at radius 3 is 2.56 bits per heavy atom. The second-order valence-corrected chi connectivity index (χ2v) is 7.71. The van der Waals surface area contributed by atoms with Crippen molar-refractivity contribution in [1.82, 2.24) is 4.90 Å². The molecule has 1 fully saturated rings. The molecule has 164 valence electrons. The first-order valence-corrected chi connectivity index (χ1v) is 10.7. The molecular weight excluding hydrogens is 404 g/mol. The van der Waals surface area contributed by atoms with Crippen molar-refractivity contribution in [1.29, 1.82) is 0 Å². The fraction of sp³-hybridized carbons (Fsp3) is 0.231. The number of nitrogens with one attached hydrogen (secondary N) is 1. The van der Waals surface area contributed by atoms with Gasteiger partial charge in [-0.25, -0.2) is 0 Å². The van der Waals surface area contributed by atoms with Crippen molar-refractivity contribution in [2.75, 3.05) is 31.6 Å². The van der Waals surface area contributed by atoms with Gasteiger partial charge in [0.25, 0.3) is 11.8 Å². The molecular formula is C26H26N2O4. The summed E-state index contributed by atoms with van der Waals surface area (Å²) in [5.41, 5.74) is 3.65. The Bertz CT molecular complexity index is 1110. The third-order valence-corrected chi connectivity index (χ3v) is 5.29. The van der Waals surface area contributed by atoms with Gasteiger partial charge in [-0.1, -0.05) is 48.0 Å². The predicted molar refractivity (Wildman–Crippen MR) is 123 cm³/mol. The molecule has 1 aliphatic heterocycles. The summed E-state index contributed by atoms with van der Waals surface area (Å²) in [5.74, 6) is 0.199. The molecule has 1 N–H and O–H groups in total. The molecule has 6 nitrogen and oxygen atoms in total. The molecule has 0 aliphatic carbocycles. The quantitative estimate of drug-likeness (QED) is 0.633. The standard InChI is InChI=1S/C26H26N2O4/c1-19-6-4-7-20(16-19)18-32-22-9-5-8-21(17-22)25(29)27-24-11-3-2-10-23(24)26(30)28-12-14-31-15-13-28/h2-11,16-17H,12-15,18H2,1H3,(H,27,29). The van der Waals surface area contributed by atoms with Crippen molar-refractivity contribution >= 4 is 17.5 Å². The summed E-state index contributed by atoms with van der Waals surface area (Å²) in [6.45, 7) is 4.59. The van der Waals surface area contributed by atoms with Gasteiger partial charge in [0.05, 0.1) is 24.5 Å². The zero-order valence-electron chi connectivity index (χ0n) is 18.0. The maximum absolute atomic E-state index is 12.9. The van der Waals surface area contributed by atoms with E-state index in [0.717, 1.165) is 5.56 Å². The van der Waals surface area contributed by atoms with E-state index in [9.17, 15) is 9.59 Å². The summed E-state index contributed by atoms with van der Waals surface area (Å²) in [6.07, 6.45) is 0. The number of hydrogen-bond donors (Lipinski definition) is 1. The highest BCUT2D eigenvalue weighted by atomic mass is 16.5. The maximum Gasteiger partial charge on any atom is 0.256 e. The van der Waals surface area contributed by atoms with Crippen LogP contribution in [0.4, 0.5) is 5.69 Å². The first kappa shape index (κ1) is 21.6. The summed E-state index contributed by atoms with van der Waals surface area (Å²) >= 11 is 0. The van der Waals surface area contributed by atoms with Gasteiger partial charge in [-0.3, -0.25) is 9.59 Å². The SMILES string of the molecule is Cc1cccc(COc2cccc(C(=O)Nc3ccccc3C(=O)N3CCOCC3)c2)c1. The van der Waals surface area contributed by atoms with Crippen molar-refractivity contribution in [3.8, 4) is 5.75 Å². The highest BCUT2D eigenvalue weighted by molar-refractivity contribution is 6.09. The summed E-state index contributed by atoms with van der Waals surface area (Å²) < 4.78 is 11.2. The molecule has 6 heteroatoms. The zero-order valence-corrected chi connectivity index (χ0v) is 18.0. The van der Waals surface area contributed by atoms with Gasteiger partial charge >= 0.3 is 0 Å². The molecule has 0 radical (unpaired) electrons. The van der Waals surface area contributed by atoms with Crippen molar-refractivity contribution < 1.29 is 19.1 Å². The van der Waals surface area contributed by atoms with E-state index in [1.54, 1.807) is 47.4 Å². The van der Waals surface area contributed by atoms with Crippen LogP contribution in [0.3, 0.4) is 0 Å². The Hall–Kier alpha value is -3.64. The third-order valence-electron chi connectivity index (χ3n) is 5.29. The van der Waals surface area contributed by atoms with Crippen LogP contribution in [-0.2, 0) is 11.3 Å². The van der Waals surface area contributed by atoms with Gasteiger partial charge in [-0.2, -0.15) is 0 Å². The molecule has 3 aromatic carbocycles. The number of rotatable bonds is 6. The van der Waals surface area contributed by atoms with E-state index >= 15 is 0 Å². The lowest BCUT2D eigenvalue weighted by Crippen LogP contribution is -2.41. The third kappa shape index (κ3) is 5.34. The Kier molecular flexibility index (Phi) is 6.82. The lowest BCUT2D eigenvalue weighted by molar-refractivity contribution is 0.0303. The van der Waals surface area contributed by atoms with Crippen LogP contribution < -0.4 is 10.1 Å². The van der Waals surface area contributed by atoms with E-state index in [-0.39, 0.29) is 11.8 Å². The van der Waals surface area contributed by atoms with Crippen LogP contribution in [0.1, 0.15) is 31.8 Å². The van der Waals surface area contributed by atoms with Crippen LogP contribution in [0.15, 0.2) is 72.8 Å². The lowest BCUT2D eigenvalue weighted by Gasteiger charge is -2.27. The second-order valence-electron chi connectivity index (χ2n) is 7.71. The first-order chi connectivity index (χ1) is 15.6. The lowest BCUT2D eigenvalue weighted by atomic mass is 10.1. The van der Waals surface area contributed by atoms with Crippen molar-refractivity contribution in [3.05, 3.63) is 95.1 Å². The Labute approximate surface area is 187 Å². The Balaban J connectivity index is 1.45. The van der Waals surface area contributed by atoms with Crippen LogP contribution in [0.25, 0.3) is 0 Å². The number of benzene rings is 3. The number of aryl methyl sites for hydroxylation is 1. The first-order valence-electron chi connectivity index (χ1n) is 10.7. The van der Waals surface area contributed by atoms with E-state index < -0.39 is 0 Å². The van der Waals surface area contributed by atoms with Crippen LogP contribution in [-0.4, -0.2) is 43.0 Å². The second kappa shape index (κ2) is 10.1. The molecule has 0 spiro atoms. The largest absolute Gasteiger partial charge is 0.489 e. The minimum absolute atomic E-state index is 0.112. The minimum Gasteiger partial charge on any atom is -0.489 e. The van der Waals surface area contributed by atoms with Gasteiger partial charge in [-0.15, -0.1) is 0 Å². The molecule has 1 saturated heterocycles. The van der Waals surface area contributed by atoms with Gasteiger partial charge < -0.3 is 19.7 Å². The number of carbonyl (C=O) groups is 2. The average Bonchev–Trinajstić information content (AvgIpc) is 2.83. The molecule has 0 atom stereocenters. The summed E-state index contributed by atoms with van der Waals surface area (Å²) in [4.78, 5) is 27.6. The number of amides is 2. The number of nitrogens with zero attached hydrogens (tertiary/aromatic N) is 1. The van der Waals surface area contributed by atoms with E-state index in [2.05, 4.69) is 11.4 Å². The molecule has 4 rings (SSSR count). The van der Waals surface area contributed by atoms with Gasteiger partial charge in [0, 0.05) is 18.7 Å². The summed E-state index contributed by atoms with van der Waals surface area (Å²) in [6, 6.07) is 22.2. The van der Waals surface area contributed by atoms with E-state index in [0.29, 0.717) is 55.5 Å². The summed E-state index contributed by atoms with van der Waals surface area (Å²) in [7, 11) is 0. The molecule has 32 heavy (non-hydrogen) atoms. The Morgan fingerprint density at radius 1 is 0.969 bits per heavy atom. The highest BCUT2D eigenvalue weighted by Gasteiger charge is 2.21. The zero-order chi connectivity index (χ0) is 22.3. The molecule has 1 heterocycles. The van der Waals surface area contributed by atoms with Crippen LogP contribution >= 0.6 is 0 Å². The molecule has 0 aromatic heterocycles. The fourth-order valence-corrected chi connectivity index (χ4v) is 3.61.